The molecule has 36 heavy (non-hydrogen) atoms. The number of aromatic nitrogens is 1. The van der Waals surface area contributed by atoms with Gasteiger partial charge >= 0.3 is 0 Å². The maximum atomic E-state index is 13.3. The molecule has 4 aromatic carbocycles. The lowest BCUT2D eigenvalue weighted by Crippen LogP contribution is -2.43. The van der Waals surface area contributed by atoms with Gasteiger partial charge in [-0.2, -0.15) is 5.10 Å². The lowest BCUT2D eigenvalue weighted by atomic mass is 9.85. The van der Waals surface area contributed by atoms with Crippen molar-refractivity contribution in [1.82, 2.24) is 9.99 Å². The summed E-state index contributed by atoms with van der Waals surface area (Å²) in [6.07, 6.45) is 1.62. The number of nitrogens with one attached hydrogen (secondary N) is 1. The smallest absolute Gasteiger partial charge is 0.281 e. The first kappa shape index (κ1) is 23.3. The van der Waals surface area contributed by atoms with Crippen LogP contribution in [0.25, 0.3) is 16.5 Å². The molecule has 1 amide bonds. The van der Waals surface area contributed by atoms with Crippen molar-refractivity contribution in [3.05, 3.63) is 137 Å². The molecule has 5 aromatic rings. The molecule has 0 fully saturated rings. The van der Waals surface area contributed by atoms with Crippen molar-refractivity contribution in [1.29, 1.82) is 0 Å². The molecule has 0 aliphatic carbocycles. The van der Waals surface area contributed by atoms with Gasteiger partial charge in [-0.3, -0.25) is 4.79 Å². The topological polar surface area (TPSA) is 66.6 Å². The number of aliphatic hydroxyl groups is 1. The number of carbonyl (C=O) groups is 1. The Morgan fingerprint density at radius 3 is 2.03 bits per heavy atom. The fourth-order valence-electron chi connectivity index (χ4n) is 4.66. The molecule has 0 saturated heterocycles. The van der Waals surface area contributed by atoms with Gasteiger partial charge in [0.1, 0.15) is 0 Å². The number of hydrazone groups is 1. The van der Waals surface area contributed by atoms with Gasteiger partial charge < -0.3 is 9.67 Å². The van der Waals surface area contributed by atoms with Crippen LogP contribution in [-0.2, 0) is 10.4 Å². The third kappa shape index (κ3) is 4.21. The normalized spacial score (nSPS) is 11.8. The summed E-state index contributed by atoms with van der Waals surface area (Å²) in [6.45, 7) is 4.07. The summed E-state index contributed by atoms with van der Waals surface area (Å²) in [5, 5.41) is 18.2. The van der Waals surface area contributed by atoms with E-state index >= 15 is 0 Å². The van der Waals surface area contributed by atoms with Crippen LogP contribution in [-0.4, -0.2) is 21.8 Å². The highest BCUT2D eigenvalue weighted by atomic mass is 16.3. The summed E-state index contributed by atoms with van der Waals surface area (Å²) in [6, 6.07) is 34.5. The van der Waals surface area contributed by atoms with E-state index in [-0.39, 0.29) is 0 Å². The SMILES string of the molecule is Cc1cc(/C=N/NC(=O)C(O)(c2ccccc2)c2ccccc2)c(C)n1-c1ccc2ccccc2c1. The minimum Gasteiger partial charge on any atom is -0.372 e. The lowest BCUT2D eigenvalue weighted by Gasteiger charge is -2.27. The highest BCUT2D eigenvalue weighted by Gasteiger charge is 2.39. The van der Waals surface area contributed by atoms with Crippen LogP contribution in [0, 0.1) is 13.8 Å². The van der Waals surface area contributed by atoms with Crippen molar-refractivity contribution in [3.8, 4) is 5.69 Å². The highest BCUT2D eigenvalue weighted by molar-refractivity contribution is 5.91. The molecular weight excluding hydrogens is 446 g/mol. The van der Waals surface area contributed by atoms with Crippen molar-refractivity contribution in [2.45, 2.75) is 19.4 Å². The zero-order chi connectivity index (χ0) is 25.1. The van der Waals surface area contributed by atoms with Gasteiger partial charge in [-0.1, -0.05) is 91.0 Å². The Kier molecular flexibility index (Phi) is 6.23. The summed E-state index contributed by atoms with van der Waals surface area (Å²) in [7, 11) is 0. The number of benzene rings is 4. The summed E-state index contributed by atoms with van der Waals surface area (Å²) in [5.41, 5.74) is 5.63. The van der Waals surface area contributed by atoms with Gasteiger partial charge in [0.15, 0.2) is 5.60 Å². The van der Waals surface area contributed by atoms with Gasteiger partial charge in [0, 0.05) is 22.6 Å². The van der Waals surface area contributed by atoms with E-state index in [1.54, 1.807) is 54.7 Å². The molecule has 0 unspecified atom stereocenters. The number of hydrogen-bond acceptors (Lipinski definition) is 3. The van der Waals surface area contributed by atoms with Crippen molar-refractivity contribution >= 4 is 22.9 Å². The quantitative estimate of drug-likeness (QED) is 0.248. The number of rotatable bonds is 6. The molecule has 5 nitrogen and oxygen atoms in total. The van der Waals surface area contributed by atoms with Crippen LogP contribution in [0.2, 0.25) is 0 Å². The molecular formula is C31H27N3O2. The fourth-order valence-corrected chi connectivity index (χ4v) is 4.66. The second-order valence-corrected chi connectivity index (χ2v) is 8.83. The minimum atomic E-state index is -1.87. The van der Waals surface area contributed by atoms with Crippen LogP contribution < -0.4 is 5.43 Å². The number of nitrogens with zero attached hydrogens (tertiary/aromatic N) is 2. The zero-order valence-electron chi connectivity index (χ0n) is 20.2. The highest BCUT2D eigenvalue weighted by Crippen LogP contribution is 2.30. The molecule has 178 valence electrons. The monoisotopic (exact) mass is 473 g/mol. The van der Waals surface area contributed by atoms with E-state index in [1.165, 1.54) is 10.8 Å². The number of aryl methyl sites for hydroxylation is 1. The second-order valence-electron chi connectivity index (χ2n) is 8.83. The lowest BCUT2D eigenvalue weighted by molar-refractivity contribution is -0.136. The van der Waals surface area contributed by atoms with E-state index < -0.39 is 11.5 Å². The maximum Gasteiger partial charge on any atom is 0.281 e. The minimum absolute atomic E-state index is 0.471. The van der Waals surface area contributed by atoms with Crippen molar-refractivity contribution in [2.75, 3.05) is 0 Å². The Morgan fingerprint density at radius 2 is 1.39 bits per heavy atom. The molecule has 0 radical (unpaired) electrons. The number of hydrogen-bond donors (Lipinski definition) is 2. The summed E-state index contributed by atoms with van der Waals surface area (Å²) >= 11 is 0. The van der Waals surface area contributed by atoms with Crippen molar-refractivity contribution in [2.24, 2.45) is 5.10 Å². The first-order valence-electron chi connectivity index (χ1n) is 11.8. The molecule has 1 heterocycles. The number of carbonyl (C=O) groups excluding carboxylic acids is 1. The molecule has 0 atom stereocenters. The molecule has 1 aromatic heterocycles. The maximum absolute atomic E-state index is 13.3. The van der Waals surface area contributed by atoms with E-state index in [1.807, 2.05) is 44.2 Å². The number of fused-ring (bicyclic) bond motifs is 1. The van der Waals surface area contributed by atoms with Crippen LogP contribution in [0.5, 0.6) is 0 Å². The summed E-state index contributed by atoms with van der Waals surface area (Å²) < 4.78 is 2.17. The van der Waals surface area contributed by atoms with Gasteiger partial charge in [-0.25, -0.2) is 5.43 Å². The molecule has 0 saturated carbocycles. The number of amides is 1. The van der Waals surface area contributed by atoms with Crippen LogP contribution in [0.3, 0.4) is 0 Å². The Hall–Kier alpha value is -4.48. The van der Waals surface area contributed by atoms with E-state index in [4.69, 9.17) is 0 Å². The van der Waals surface area contributed by atoms with Gasteiger partial charge in [0.2, 0.25) is 0 Å². The van der Waals surface area contributed by atoms with Crippen LogP contribution in [0.15, 0.2) is 114 Å². The largest absolute Gasteiger partial charge is 0.372 e. The molecule has 0 bridgehead atoms. The predicted molar refractivity (Wildman–Crippen MR) is 144 cm³/mol. The van der Waals surface area contributed by atoms with Crippen LogP contribution in [0.1, 0.15) is 28.1 Å². The van der Waals surface area contributed by atoms with Gasteiger partial charge in [0.25, 0.3) is 5.91 Å². The molecule has 0 aliphatic rings. The van der Waals surface area contributed by atoms with E-state index in [0.717, 1.165) is 22.6 Å². The van der Waals surface area contributed by atoms with Gasteiger partial charge in [-0.15, -0.1) is 0 Å². The average molecular weight is 474 g/mol. The molecule has 5 heteroatoms. The predicted octanol–water partition coefficient (Wildman–Crippen LogP) is 5.63. The van der Waals surface area contributed by atoms with Crippen LogP contribution >= 0.6 is 0 Å². The Balaban J connectivity index is 1.42. The van der Waals surface area contributed by atoms with Gasteiger partial charge in [0.05, 0.1) is 6.21 Å². The van der Waals surface area contributed by atoms with Crippen molar-refractivity contribution in [3.63, 3.8) is 0 Å². The fraction of sp³-hybridized carbons (Fsp3) is 0.0968. The summed E-state index contributed by atoms with van der Waals surface area (Å²) in [5.74, 6) is -0.625. The zero-order valence-corrected chi connectivity index (χ0v) is 20.2. The second kappa shape index (κ2) is 9.64. The summed E-state index contributed by atoms with van der Waals surface area (Å²) in [4.78, 5) is 13.3. The first-order chi connectivity index (χ1) is 17.5. The molecule has 5 rings (SSSR count). The van der Waals surface area contributed by atoms with E-state index in [2.05, 4.69) is 45.4 Å². The third-order valence-electron chi connectivity index (χ3n) is 6.54. The average Bonchev–Trinajstić information content (AvgIpc) is 3.21. The first-order valence-corrected chi connectivity index (χ1v) is 11.8. The Morgan fingerprint density at radius 1 is 0.806 bits per heavy atom. The van der Waals surface area contributed by atoms with Crippen LogP contribution in [0.4, 0.5) is 0 Å². The molecule has 0 spiro atoms. The van der Waals surface area contributed by atoms with Gasteiger partial charge in [-0.05, 0) is 53.9 Å². The Bertz CT molecular complexity index is 1510. The standard InChI is InChI=1S/C31H27N3O2/c1-22-19-26(23(2)34(22)29-18-17-24-11-9-10-12-25(24)20-29)21-32-33-30(35)31(36,27-13-5-3-6-14-27)28-15-7-4-8-16-28/h3-21,36H,1-2H3,(H,33,35)/b32-21+. The van der Waals surface area contributed by atoms with Crippen molar-refractivity contribution < 1.29 is 9.90 Å². The van der Waals surface area contributed by atoms with E-state index in [9.17, 15) is 9.90 Å². The molecule has 2 N–H and O–H groups in total. The van der Waals surface area contributed by atoms with E-state index in [0.29, 0.717) is 11.1 Å². The third-order valence-corrected chi connectivity index (χ3v) is 6.54. The molecule has 0 aliphatic heterocycles. The Labute approximate surface area is 210 Å².